The van der Waals surface area contributed by atoms with Crippen LogP contribution in [0.15, 0.2) is 23.2 Å². The lowest BCUT2D eigenvalue weighted by Crippen LogP contribution is -2.37. The molecule has 0 radical (unpaired) electrons. The van der Waals surface area contributed by atoms with E-state index in [0.717, 1.165) is 23.3 Å². The summed E-state index contributed by atoms with van der Waals surface area (Å²) < 4.78 is 52.0. The summed E-state index contributed by atoms with van der Waals surface area (Å²) in [6, 6.07) is 6.03. The lowest BCUT2D eigenvalue weighted by atomic mass is 10.1. The van der Waals surface area contributed by atoms with E-state index in [4.69, 9.17) is 9.47 Å². The van der Waals surface area contributed by atoms with Crippen LogP contribution in [0.1, 0.15) is 24.0 Å². The molecule has 2 rings (SSSR count). The molecule has 158 valence electrons. The summed E-state index contributed by atoms with van der Waals surface area (Å²) in [7, 11) is 1.64. The lowest BCUT2D eigenvalue weighted by molar-refractivity contribution is -0.173. The van der Waals surface area contributed by atoms with Crippen LogP contribution < -0.4 is 15.4 Å². The van der Waals surface area contributed by atoms with Crippen molar-refractivity contribution in [1.82, 2.24) is 10.6 Å². The average Bonchev–Trinajstić information content (AvgIpc) is 3.14. The average molecular weight is 403 g/mol. The summed E-state index contributed by atoms with van der Waals surface area (Å²) in [5.41, 5.74) is 2.10. The van der Waals surface area contributed by atoms with Crippen LogP contribution >= 0.6 is 0 Å². The van der Waals surface area contributed by atoms with Gasteiger partial charge in [-0.05, 0) is 25.0 Å². The van der Waals surface area contributed by atoms with Crippen LogP contribution in [-0.2, 0) is 16.0 Å². The van der Waals surface area contributed by atoms with E-state index >= 15 is 0 Å². The second-order valence-corrected chi connectivity index (χ2v) is 6.59. The van der Waals surface area contributed by atoms with Crippen molar-refractivity contribution in [3.63, 3.8) is 0 Å². The largest absolute Gasteiger partial charge is 0.488 e. The highest BCUT2D eigenvalue weighted by Crippen LogP contribution is 2.23. The molecule has 1 saturated heterocycles. The van der Waals surface area contributed by atoms with Crippen LogP contribution in [0.5, 0.6) is 5.75 Å². The quantitative estimate of drug-likeness (QED) is 0.377. The Labute approximate surface area is 163 Å². The second-order valence-electron chi connectivity index (χ2n) is 6.59. The summed E-state index contributed by atoms with van der Waals surface area (Å²) >= 11 is 0. The molecule has 0 spiro atoms. The molecule has 28 heavy (non-hydrogen) atoms. The minimum atomic E-state index is -4.29. The molecule has 1 heterocycles. The molecule has 1 fully saturated rings. The van der Waals surface area contributed by atoms with Gasteiger partial charge in [0.25, 0.3) is 0 Å². The Kier molecular flexibility index (Phi) is 8.85. The molecule has 0 amide bonds. The number of aryl methyl sites for hydroxylation is 1. The highest BCUT2D eigenvalue weighted by atomic mass is 19.4. The highest BCUT2D eigenvalue weighted by molar-refractivity contribution is 5.79. The van der Waals surface area contributed by atoms with Crippen molar-refractivity contribution in [3.05, 3.63) is 29.3 Å². The van der Waals surface area contributed by atoms with Crippen LogP contribution in [0.4, 0.5) is 13.2 Å². The van der Waals surface area contributed by atoms with Crippen LogP contribution in [-0.4, -0.2) is 58.3 Å². The maximum absolute atomic E-state index is 12.0. The van der Waals surface area contributed by atoms with Crippen molar-refractivity contribution >= 4 is 5.96 Å². The fraction of sp³-hybridized carbons (Fsp3) is 0.632. The van der Waals surface area contributed by atoms with Gasteiger partial charge in [-0.15, -0.1) is 0 Å². The van der Waals surface area contributed by atoms with Crippen molar-refractivity contribution in [1.29, 1.82) is 0 Å². The molecular formula is C19H28F3N3O3. The molecule has 1 unspecified atom stereocenters. The summed E-state index contributed by atoms with van der Waals surface area (Å²) in [5, 5.41) is 6.25. The number of aliphatic imine (C=N–C) groups is 1. The Bertz CT molecular complexity index is 633. The number of alkyl halides is 3. The van der Waals surface area contributed by atoms with E-state index in [2.05, 4.69) is 20.4 Å². The molecule has 1 aliphatic rings. The summed E-state index contributed by atoms with van der Waals surface area (Å²) in [6.45, 7) is 3.09. The number of halogens is 3. The number of rotatable bonds is 9. The van der Waals surface area contributed by atoms with Crippen molar-refractivity contribution < 1.29 is 27.4 Å². The molecule has 9 heteroatoms. The molecule has 0 aliphatic carbocycles. The van der Waals surface area contributed by atoms with Gasteiger partial charge < -0.3 is 24.8 Å². The predicted octanol–water partition coefficient (Wildman–Crippen LogP) is 2.80. The van der Waals surface area contributed by atoms with Gasteiger partial charge in [0.2, 0.25) is 0 Å². The van der Waals surface area contributed by atoms with Gasteiger partial charge in [-0.25, -0.2) is 0 Å². The van der Waals surface area contributed by atoms with Gasteiger partial charge in [0.1, 0.15) is 18.5 Å². The zero-order chi connectivity index (χ0) is 20.4. The maximum Gasteiger partial charge on any atom is 0.411 e. The van der Waals surface area contributed by atoms with Crippen molar-refractivity contribution in [2.45, 2.75) is 38.6 Å². The van der Waals surface area contributed by atoms with E-state index in [1.54, 1.807) is 7.05 Å². The summed E-state index contributed by atoms with van der Waals surface area (Å²) in [5.74, 6) is 1.38. The third-order valence-electron chi connectivity index (χ3n) is 4.10. The van der Waals surface area contributed by atoms with E-state index in [0.29, 0.717) is 38.7 Å². The number of guanidine groups is 1. The Hall–Kier alpha value is -2.00. The Balaban J connectivity index is 1.76. The first kappa shape index (κ1) is 22.3. The zero-order valence-electron chi connectivity index (χ0n) is 16.3. The number of nitrogens with zero attached hydrogens (tertiary/aromatic N) is 1. The number of hydrogen-bond acceptors (Lipinski definition) is 4. The van der Waals surface area contributed by atoms with Gasteiger partial charge >= 0.3 is 6.18 Å². The number of benzene rings is 1. The van der Waals surface area contributed by atoms with Crippen LogP contribution in [0.25, 0.3) is 0 Å². The molecule has 0 bridgehead atoms. The summed E-state index contributed by atoms with van der Waals surface area (Å²) in [6.07, 6.45) is -2.91. The number of nitrogens with one attached hydrogen (secondary N) is 2. The van der Waals surface area contributed by atoms with Crippen LogP contribution in [0.2, 0.25) is 0 Å². The van der Waals surface area contributed by atoms with E-state index < -0.39 is 12.8 Å². The zero-order valence-corrected chi connectivity index (χ0v) is 16.3. The Morgan fingerprint density at radius 1 is 1.32 bits per heavy atom. The predicted molar refractivity (Wildman–Crippen MR) is 101 cm³/mol. The number of ether oxygens (including phenoxy) is 3. The number of hydrogen-bond donors (Lipinski definition) is 2. The van der Waals surface area contributed by atoms with Gasteiger partial charge in [-0.2, -0.15) is 13.2 Å². The fourth-order valence-corrected chi connectivity index (χ4v) is 2.67. The molecule has 6 nitrogen and oxygen atoms in total. The van der Waals surface area contributed by atoms with Crippen LogP contribution in [0, 0.1) is 6.92 Å². The monoisotopic (exact) mass is 403 g/mol. The minimum absolute atomic E-state index is 0.0307. The molecule has 1 aromatic rings. The molecule has 0 aromatic heterocycles. The van der Waals surface area contributed by atoms with E-state index in [1.165, 1.54) is 0 Å². The lowest BCUT2D eigenvalue weighted by Gasteiger charge is -2.18. The molecule has 1 aromatic carbocycles. The molecule has 0 saturated carbocycles. The topological polar surface area (TPSA) is 64.1 Å². The first-order valence-corrected chi connectivity index (χ1v) is 9.30. The minimum Gasteiger partial charge on any atom is -0.488 e. The Morgan fingerprint density at radius 2 is 2.14 bits per heavy atom. The van der Waals surface area contributed by atoms with Crippen molar-refractivity contribution in [2.75, 3.05) is 40.0 Å². The standard InChI is InChI=1S/C19H28F3N3O3/c1-14-4-5-15(17(10-14)28-16-6-9-26-12-16)11-25-18(23-2)24-7-3-8-27-13-19(20,21)22/h4-5,10,16H,3,6-9,11-13H2,1-2H3,(H2,23,24,25). The highest BCUT2D eigenvalue weighted by Gasteiger charge is 2.27. The molecule has 1 atom stereocenters. The molecule has 1 aliphatic heterocycles. The fourth-order valence-electron chi connectivity index (χ4n) is 2.67. The first-order valence-electron chi connectivity index (χ1n) is 9.30. The summed E-state index contributed by atoms with van der Waals surface area (Å²) in [4.78, 5) is 4.12. The second kappa shape index (κ2) is 11.1. The van der Waals surface area contributed by atoms with Crippen LogP contribution in [0.3, 0.4) is 0 Å². The normalized spacial score (nSPS) is 17.6. The third-order valence-corrected chi connectivity index (χ3v) is 4.10. The SMILES string of the molecule is CN=C(NCCCOCC(F)(F)F)NCc1ccc(C)cc1OC1CCOC1. The van der Waals surface area contributed by atoms with E-state index in [1.807, 2.05) is 25.1 Å². The van der Waals surface area contributed by atoms with E-state index in [9.17, 15) is 13.2 Å². The molecular weight excluding hydrogens is 375 g/mol. The van der Waals surface area contributed by atoms with Gasteiger partial charge in [0.15, 0.2) is 5.96 Å². The van der Waals surface area contributed by atoms with Gasteiger partial charge in [-0.3, -0.25) is 4.99 Å². The van der Waals surface area contributed by atoms with Gasteiger partial charge in [0, 0.05) is 38.7 Å². The molecule has 2 N–H and O–H groups in total. The smallest absolute Gasteiger partial charge is 0.411 e. The Morgan fingerprint density at radius 3 is 2.82 bits per heavy atom. The van der Waals surface area contributed by atoms with Gasteiger partial charge in [0.05, 0.1) is 13.2 Å². The van der Waals surface area contributed by atoms with Gasteiger partial charge in [-0.1, -0.05) is 12.1 Å². The van der Waals surface area contributed by atoms with Crippen molar-refractivity contribution in [3.8, 4) is 5.75 Å². The first-order chi connectivity index (χ1) is 13.4. The van der Waals surface area contributed by atoms with E-state index in [-0.39, 0.29) is 12.7 Å². The maximum atomic E-state index is 12.0. The third kappa shape index (κ3) is 8.35. The van der Waals surface area contributed by atoms with Crippen molar-refractivity contribution in [2.24, 2.45) is 4.99 Å².